The van der Waals surface area contributed by atoms with E-state index >= 15 is 0 Å². The van der Waals surface area contributed by atoms with Gasteiger partial charge in [0.25, 0.3) is 0 Å². The zero-order valence-electron chi connectivity index (χ0n) is 17.2. The molecule has 0 bridgehead atoms. The molecule has 4 N–H and O–H groups in total. The first-order chi connectivity index (χ1) is 14.3. The Bertz CT molecular complexity index is 749. The van der Waals surface area contributed by atoms with E-state index in [0.717, 1.165) is 4.57 Å². The highest BCUT2D eigenvalue weighted by Crippen LogP contribution is 2.29. The Morgan fingerprint density at radius 3 is 2.43 bits per heavy atom. The molecule has 1 aromatic heterocycles. The maximum absolute atomic E-state index is 12.6. The number of nitrogens with one attached hydrogen (secondary N) is 1. The minimum atomic E-state index is -1.46. The van der Waals surface area contributed by atoms with Crippen LogP contribution in [0.4, 0.5) is 5.82 Å². The van der Waals surface area contributed by atoms with E-state index in [4.69, 9.17) is 24.2 Å². The van der Waals surface area contributed by atoms with Gasteiger partial charge < -0.3 is 29.2 Å². The standard InChI is InChI=1S/C18H29N3O9/c1-4-27-9-18(3,10-28-5-2)16(24)29-8-11-13(22)14(23)15(30-11)21-7-6-12(20-26)19-17(21)25/h6-7,11,13-15,22-23,26H,4-5,8-10H2,1-3H3,(H,19,20,25)/t11-,13-,14-,15-/m1/s1. The number of aromatic nitrogens is 2. The van der Waals surface area contributed by atoms with Crippen LogP contribution in [0.2, 0.25) is 0 Å². The molecule has 1 aliphatic rings. The summed E-state index contributed by atoms with van der Waals surface area (Å²) in [5.74, 6) is -0.687. The van der Waals surface area contributed by atoms with Crippen molar-refractivity contribution in [2.75, 3.05) is 38.5 Å². The number of carbonyl (C=O) groups excluding carboxylic acids is 1. The van der Waals surface area contributed by atoms with Gasteiger partial charge in [0.15, 0.2) is 12.0 Å². The molecule has 0 aromatic carbocycles. The van der Waals surface area contributed by atoms with Gasteiger partial charge in [-0.15, -0.1) is 0 Å². The minimum Gasteiger partial charge on any atom is -0.462 e. The summed E-state index contributed by atoms with van der Waals surface area (Å²) in [5, 5.41) is 29.4. The number of ether oxygens (including phenoxy) is 4. The van der Waals surface area contributed by atoms with Crippen molar-refractivity contribution >= 4 is 11.8 Å². The van der Waals surface area contributed by atoms with Crippen molar-refractivity contribution in [1.82, 2.24) is 9.55 Å². The Hall–Kier alpha value is -2.09. The average molecular weight is 431 g/mol. The molecule has 0 amide bonds. The monoisotopic (exact) mass is 431 g/mol. The minimum absolute atomic E-state index is 0.0855. The number of hydrogen-bond donors (Lipinski definition) is 4. The molecule has 2 rings (SSSR count). The molecule has 4 atom stereocenters. The average Bonchev–Trinajstić information content (AvgIpc) is 3.02. The van der Waals surface area contributed by atoms with Gasteiger partial charge in [0.05, 0.1) is 13.2 Å². The first-order valence-corrected chi connectivity index (χ1v) is 9.61. The number of hydrogen-bond acceptors (Lipinski definition) is 11. The molecule has 1 fully saturated rings. The number of esters is 1. The molecule has 0 radical (unpaired) electrons. The van der Waals surface area contributed by atoms with E-state index in [1.54, 1.807) is 26.3 Å². The first kappa shape index (κ1) is 24.2. The quantitative estimate of drug-likeness (QED) is 0.258. The Morgan fingerprint density at radius 1 is 1.27 bits per heavy atom. The zero-order chi connectivity index (χ0) is 22.3. The van der Waals surface area contributed by atoms with Gasteiger partial charge in [-0.2, -0.15) is 4.98 Å². The molecule has 1 saturated heterocycles. The predicted molar refractivity (Wildman–Crippen MR) is 102 cm³/mol. The van der Waals surface area contributed by atoms with Gasteiger partial charge in [-0.25, -0.2) is 4.79 Å². The maximum Gasteiger partial charge on any atom is 0.351 e. The first-order valence-electron chi connectivity index (χ1n) is 9.61. The molecule has 12 heteroatoms. The topological polar surface area (TPSA) is 162 Å². The van der Waals surface area contributed by atoms with E-state index in [1.807, 2.05) is 0 Å². The van der Waals surface area contributed by atoms with E-state index in [1.165, 1.54) is 12.3 Å². The van der Waals surface area contributed by atoms with Crippen LogP contribution in [-0.4, -0.2) is 82.3 Å². The van der Waals surface area contributed by atoms with Crippen LogP contribution in [0, 0.1) is 5.41 Å². The molecular formula is C18H29N3O9. The normalized spacial score (nSPS) is 24.1. The van der Waals surface area contributed by atoms with Crippen LogP contribution in [0.5, 0.6) is 0 Å². The summed E-state index contributed by atoms with van der Waals surface area (Å²) < 4.78 is 22.6. The zero-order valence-corrected chi connectivity index (χ0v) is 17.2. The lowest BCUT2D eigenvalue weighted by Crippen LogP contribution is -2.41. The van der Waals surface area contributed by atoms with Gasteiger partial charge in [-0.1, -0.05) is 0 Å². The smallest absolute Gasteiger partial charge is 0.351 e. The van der Waals surface area contributed by atoms with Crippen LogP contribution < -0.4 is 11.2 Å². The molecule has 1 aliphatic heterocycles. The summed E-state index contributed by atoms with van der Waals surface area (Å²) in [5.41, 5.74) is -0.135. The van der Waals surface area contributed by atoms with Crippen molar-refractivity contribution in [3.63, 3.8) is 0 Å². The number of aliphatic hydroxyl groups excluding tert-OH is 2. The third-order valence-electron chi connectivity index (χ3n) is 4.68. The molecule has 0 spiro atoms. The molecule has 1 aromatic rings. The third-order valence-corrected chi connectivity index (χ3v) is 4.68. The van der Waals surface area contributed by atoms with Gasteiger partial charge in [0.2, 0.25) is 0 Å². The number of rotatable bonds is 11. The summed E-state index contributed by atoms with van der Waals surface area (Å²) in [6, 6.07) is 1.28. The van der Waals surface area contributed by atoms with Crippen LogP contribution >= 0.6 is 0 Å². The summed E-state index contributed by atoms with van der Waals surface area (Å²) in [4.78, 5) is 28.2. The molecule has 12 nitrogen and oxygen atoms in total. The summed E-state index contributed by atoms with van der Waals surface area (Å²) in [7, 11) is 0. The summed E-state index contributed by atoms with van der Waals surface area (Å²) in [6.07, 6.45) is -3.94. The van der Waals surface area contributed by atoms with Crippen molar-refractivity contribution in [1.29, 1.82) is 0 Å². The molecule has 30 heavy (non-hydrogen) atoms. The van der Waals surface area contributed by atoms with Crippen molar-refractivity contribution < 1.29 is 39.2 Å². The highest BCUT2D eigenvalue weighted by Gasteiger charge is 2.45. The Morgan fingerprint density at radius 2 is 1.90 bits per heavy atom. The number of anilines is 1. The lowest BCUT2D eigenvalue weighted by molar-refractivity contribution is -0.169. The lowest BCUT2D eigenvalue weighted by atomic mass is 9.93. The second kappa shape index (κ2) is 10.8. The summed E-state index contributed by atoms with van der Waals surface area (Å²) >= 11 is 0. The van der Waals surface area contributed by atoms with Crippen molar-refractivity contribution in [3.05, 3.63) is 22.7 Å². The fraction of sp³-hybridized carbons (Fsp3) is 0.722. The van der Waals surface area contributed by atoms with E-state index < -0.39 is 41.6 Å². The number of nitrogens with zero attached hydrogens (tertiary/aromatic N) is 2. The highest BCUT2D eigenvalue weighted by molar-refractivity contribution is 5.76. The van der Waals surface area contributed by atoms with Crippen molar-refractivity contribution in [2.24, 2.45) is 5.41 Å². The van der Waals surface area contributed by atoms with E-state index in [0.29, 0.717) is 13.2 Å². The predicted octanol–water partition coefficient (Wildman–Crippen LogP) is -0.714. The van der Waals surface area contributed by atoms with Gasteiger partial charge >= 0.3 is 11.7 Å². The van der Waals surface area contributed by atoms with Gasteiger partial charge in [-0.3, -0.25) is 20.0 Å². The maximum atomic E-state index is 12.6. The lowest BCUT2D eigenvalue weighted by Gasteiger charge is -2.27. The van der Waals surface area contributed by atoms with Gasteiger partial charge in [-0.05, 0) is 26.8 Å². The van der Waals surface area contributed by atoms with Crippen LogP contribution in [0.15, 0.2) is 17.1 Å². The van der Waals surface area contributed by atoms with Gasteiger partial charge in [0.1, 0.15) is 30.3 Å². The van der Waals surface area contributed by atoms with Gasteiger partial charge in [0, 0.05) is 19.4 Å². The Kier molecular flexibility index (Phi) is 8.70. The summed E-state index contributed by atoms with van der Waals surface area (Å²) in [6.45, 7) is 5.92. The van der Waals surface area contributed by atoms with Crippen molar-refractivity contribution in [2.45, 2.75) is 45.3 Å². The highest BCUT2D eigenvalue weighted by atomic mass is 16.6. The fourth-order valence-electron chi connectivity index (χ4n) is 2.91. The van der Waals surface area contributed by atoms with E-state index in [9.17, 15) is 19.8 Å². The van der Waals surface area contributed by atoms with Crippen LogP contribution in [0.25, 0.3) is 0 Å². The number of aliphatic hydroxyl groups is 2. The second-order valence-electron chi connectivity index (χ2n) is 7.09. The molecule has 0 unspecified atom stereocenters. The van der Waals surface area contributed by atoms with Crippen LogP contribution in [0.3, 0.4) is 0 Å². The molecule has 0 saturated carbocycles. The molecule has 0 aliphatic carbocycles. The third kappa shape index (κ3) is 5.53. The van der Waals surface area contributed by atoms with Crippen LogP contribution in [0.1, 0.15) is 27.0 Å². The van der Waals surface area contributed by atoms with Crippen molar-refractivity contribution in [3.8, 4) is 0 Å². The van der Waals surface area contributed by atoms with Crippen LogP contribution in [-0.2, 0) is 23.7 Å². The second-order valence-corrected chi connectivity index (χ2v) is 7.09. The SMILES string of the molecule is CCOCC(C)(COCC)C(=O)OC[C@H]1O[C@@H](n2ccc(NO)nc2=O)[C@H](O)[C@@H]1O. The number of carbonyl (C=O) groups is 1. The Balaban J connectivity index is 2.04. The molecule has 2 heterocycles. The van der Waals surface area contributed by atoms with E-state index in [-0.39, 0.29) is 25.6 Å². The molecular weight excluding hydrogens is 402 g/mol. The van der Waals surface area contributed by atoms with E-state index in [2.05, 4.69) is 4.98 Å². The Labute approximate surface area is 173 Å². The largest absolute Gasteiger partial charge is 0.462 e. The fourth-order valence-corrected chi connectivity index (χ4v) is 2.91. The molecule has 170 valence electrons.